The Labute approximate surface area is 103 Å². The maximum Gasteiger partial charge on any atom is 0.240 e. The van der Waals surface area contributed by atoms with Gasteiger partial charge in [0.2, 0.25) is 11.8 Å². The Kier molecular flexibility index (Phi) is 6.12. The highest BCUT2D eigenvalue weighted by Crippen LogP contribution is 2.16. The third-order valence-corrected chi connectivity index (χ3v) is 2.67. The Morgan fingerprint density at radius 1 is 1.29 bits per heavy atom. The van der Waals surface area contributed by atoms with E-state index in [0.29, 0.717) is 19.6 Å². The lowest BCUT2D eigenvalue weighted by Gasteiger charge is -2.30. The van der Waals surface area contributed by atoms with Crippen molar-refractivity contribution in [2.75, 3.05) is 33.7 Å². The van der Waals surface area contributed by atoms with Crippen molar-refractivity contribution >= 4 is 11.8 Å². The highest BCUT2D eigenvalue weighted by Gasteiger charge is 2.29. The zero-order chi connectivity index (χ0) is 13.6. The first-order chi connectivity index (χ1) is 7.74. The molecule has 0 spiro atoms. The molecule has 0 fully saturated rings. The van der Waals surface area contributed by atoms with Crippen molar-refractivity contribution < 1.29 is 9.59 Å². The molecule has 6 heteroatoms. The van der Waals surface area contributed by atoms with Gasteiger partial charge < -0.3 is 4.90 Å². The molecule has 3 N–H and O–H groups in total. The van der Waals surface area contributed by atoms with Gasteiger partial charge in [0.25, 0.3) is 0 Å². The second kappa shape index (κ2) is 6.56. The SMILES string of the molecule is CCN(CC(=O)N(C)C)CC(C)(C)C(=O)NN. The van der Waals surface area contributed by atoms with Gasteiger partial charge in [-0.2, -0.15) is 0 Å². The highest BCUT2D eigenvalue weighted by atomic mass is 16.2. The van der Waals surface area contributed by atoms with Gasteiger partial charge in [-0.3, -0.25) is 19.9 Å². The third kappa shape index (κ3) is 5.14. The molecule has 0 aliphatic carbocycles. The Morgan fingerprint density at radius 3 is 2.18 bits per heavy atom. The quantitative estimate of drug-likeness (QED) is 0.372. The van der Waals surface area contributed by atoms with Crippen molar-refractivity contribution in [2.24, 2.45) is 11.3 Å². The van der Waals surface area contributed by atoms with Gasteiger partial charge in [-0.1, -0.05) is 6.92 Å². The Morgan fingerprint density at radius 2 is 1.82 bits per heavy atom. The number of hydrogen-bond acceptors (Lipinski definition) is 4. The fourth-order valence-electron chi connectivity index (χ4n) is 1.44. The second-order valence-electron chi connectivity index (χ2n) is 4.95. The number of nitrogens with zero attached hydrogens (tertiary/aromatic N) is 2. The van der Waals surface area contributed by atoms with Crippen LogP contribution in [0.25, 0.3) is 0 Å². The van der Waals surface area contributed by atoms with Crippen LogP contribution in [0.3, 0.4) is 0 Å². The summed E-state index contributed by atoms with van der Waals surface area (Å²) >= 11 is 0. The molecule has 0 rings (SSSR count). The van der Waals surface area contributed by atoms with Crippen molar-refractivity contribution in [1.82, 2.24) is 15.2 Å². The molecule has 6 nitrogen and oxygen atoms in total. The van der Waals surface area contributed by atoms with Crippen LogP contribution in [-0.2, 0) is 9.59 Å². The molecule has 0 bridgehead atoms. The van der Waals surface area contributed by atoms with Gasteiger partial charge >= 0.3 is 0 Å². The lowest BCUT2D eigenvalue weighted by Crippen LogP contribution is -2.49. The maximum absolute atomic E-state index is 11.6. The minimum absolute atomic E-state index is 0.0239. The van der Waals surface area contributed by atoms with Crippen LogP contribution >= 0.6 is 0 Å². The van der Waals surface area contributed by atoms with Gasteiger partial charge in [0, 0.05) is 20.6 Å². The van der Waals surface area contributed by atoms with Crippen LogP contribution in [-0.4, -0.2) is 55.3 Å². The average Bonchev–Trinajstić information content (AvgIpc) is 2.26. The summed E-state index contributed by atoms with van der Waals surface area (Å²) in [6.07, 6.45) is 0. The standard InChI is InChI=1S/C11H24N4O2/c1-6-15(7-9(16)14(4)5)8-11(2,3)10(17)13-12/h6-8,12H2,1-5H3,(H,13,17). The van der Waals surface area contributed by atoms with Gasteiger partial charge in [-0.05, 0) is 20.4 Å². The lowest BCUT2D eigenvalue weighted by molar-refractivity contribution is -0.134. The number of amides is 2. The zero-order valence-electron chi connectivity index (χ0n) is 11.4. The van der Waals surface area contributed by atoms with Crippen LogP contribution < -0.4 is 11.3 Å². The van der Waals surface area contributed by atoms with E-state index < -0.39 is 5.41 Å². The van der Waals surface area contributed by atoms with Gasteiger partial charge in [0.15, 0.2) is 0 Å². The van der Waals surface area contributed by atoms with E-state index in [0.717, 1.165) is 0 Å². The summed E-state index contributed by atoms with van der Waals surface area (Å²) in [4.78, 5) is 26.6. The minimum Gasteiger partial charge on any atom is -0.348 e. The zero-order valence-corrected chi connectivity index (χ0v) is 11.4. The van der Waals surface area contributed by atoms with Crippen LogP contribution in [0.15, 0.2) is 0 Å². The van der Waals surface area contributed by atoms with E-state index in [1.807, 2.05) is 11.8 Å². The van der Waals surface area contributed by atoms with E-state index in [9.17, 15) is 9.59 Å². The number of rotatable bonds is 6. The van der Waals surface area contributed by atoms with E-state index in [1.54, 1.807) is 32.8 Å². The molecule has 0 saturated carbocycles. The van der Waals surface area contributed by atoms with Crippen LogP contribution in [0.4, 0.5) is 0 Å². The topological polar surface area (TPSA) is 78.7 Å². The van der Waals surface area contributed by atoms with Crippen molar-refractivity contribution in [3.8, 4) is 0 Å². The summed E-state index contributed by atoms with van der Waals surface area (Å²) in [7, 11) is 3.43. The number of carbonyl (C=O) groups is 2. The largest absolute Gasteiger partial charge is 0.348 e. The number of nitrogens with one attached hydrogen (secondary N) is 1. The van der Waals surface area contributed by atoms with Gasteiger partial charge in [-0.25, -0.2) is 5.84 Å². The van der Waals surface area contributed by atoms with Gasteiger partial charge in [-0.15, -0.1) is 0 Å². The normalized spacial score (nSPS) is 11.5. The summed E-state index contributed by atoms with van der Waals surface area (Å²) in [5.74, 6) is 4.93. The van der Waals surface area contributed by atoms with E-state index >= 15 is 0 Å². The maximum atomic E-state index is 11.6. The predicted octanol–water partition coefficient (Wildman–Crippen LogP) is -0.587. The minimum atomic E-state index is -0.614. The molecule has 0 saturated heterocycles. The van der Waals surface area contributed by atoms with Gasteiger partial charge in [0.05, 0.1) is 12.0 Å². The highest BCUT2D eigenvalue weighted by molar-refractivity contribution is 5.81. The number of carbonyl (C=O) groups excluding carboxylic acids is 2. The summed E-state index contributed by atoms with van der Waals surface area (Å²) in [6, 6.07) is 0. The summed E-state index contributed by atoms with van der Waals surface area (Å²) in [5, 5.41) is 0. The molecule has 0 aliphatic heterocycles. The predicted molar refractivity (Wildman–Crippen MR) is 66.9 cm³/mol. The van der Waals surface area contributed by atoms with Gasteiger partial charge in [0.1, 0.15) is 0 Å². The van der Waals surface area contributed by atoms with Crippen LogP contribution in [0.5, 0.6) is 0 Å². The Balaban J connectivity index is 4.50. The molecule has 0 aliphatic rings. The first kappa shape index (κ1) is 15.9. The summed E-state index contributed by atoms with van der Waals surface area (Å²) < 4.78 is 0. The fraction of sp³-hybridized carbons (Fsp3) is 0.818. The monoisotopic (exact) mass is 244 g/mol. The van der Waals surface area contributed by atoms with E-state index in [4.69, 9.17) is 5.84 Å². The molecular formula is C11H24N4O2. The fourth-order valence-corrected chi connectivity index (χ4v) is 1.44. The van der Waals surface area contributed by atoms with Crippen molar-refractivity contribution in [2.45, 2.75) is 20.8 Å². The molecule has 0 aromatic carbocycles. The molecule has 17 heavy (non-hydrogen) atoms. The molecule has 2 amide bonds. The first-order valence-corrected chi connectivity index (χ1v) is 5.68. The summed E-state index contributed by atoms with van der Waals surface area (Å²) in [6.45, 7) is 7.08. The van der Waals surface area contributed by atoms with E-state index in [2.05, 4.69) is 5.43 Å². The van der Waals surface area contributed by atoms with Crippen LogP contribution in [0, 0.1) is 5.41 Å². The van der Waals surface area contributed by atoms with Crippen LogP contribution in [0.1, 0.15) is 20.8 Å². The number of hydrazine groups is 1. The molecule has 0 heterocycles. The Hall–Kier alpha value is -1.14. The Bertz CT molecular complexity index is 277. The number of likely N-dealkylation sites (N-methyl/N-ethyl adjacent to an activating group) is 2. The van der Waals surface area contributed by atoms with Crippen molar-refractivity contribution in [3.63, 3.8) is 0 Å². The van der Waals surface area contributed by atoms with E-state index in [-0.39, 0.29) is 11.8 Å². The molecule has 0 aromatic heterocycles. The molecule has 0 aromatic rings. The number of hydrogen-bond donors (Lipinski definition) is 2. The smallest absolute Gasteiger partial charge is 0.240 e. The summed E-state index contributed by atoms with van der Waals surface area (Å²) in [5.41, 5.74) is 1.54. The van der Waals surface area contributed by atoms with Crippen molar-refractivity contribution in [3.05, 3.63) is 0 Å². The molecule has 0 atom stereocenters. The average molecular weight is 244 g/mol. The second-order valence-corrected chi connectivity index (χ2v) is 4.95. The molecular weight excluding hydrogens is 220 g/mol. The third-order valence-electron chi connectivity index (χ3n) is 2.67. The number of nitrogens with two attached hydrogens (primary N) is 1. The first-order valence-electron chi connectivity index (χ1n) is 5.68. The van der Waals surface area contributed by atoms with Crippen molar-refractivity contribution in [1.29, 1.82) is 0 Å². The molecule has 100 valence electrons. The molecule has 0 radical (unpaired) electrons. The lowest BCUT2D eigenvalue weighted by atomic mass is 9.92. The van der Waals surface area contributed by atoms with Crippen LogP contribution in [0.2, 0.25) is 0 Å². The van der Waals surface area contributed by atoms with E-state index in [1.165, 1.54) is 0 Å². The molecule has 0 unspecified atom stereocenters.